The number of hydrogen-bond acceptors (Lipinski definition) is 4. The van der Waals surface area contributed by atoms with Gasteiger partial charge in [0.1, 0.15) is 6.10 Å². The Bertz CT molecular complexity index is 360. The van der Waals surface area contributed by atoms with E-state index in [-0.39, 0.29) is 20.5 Å². The Hall–Kier alpha value is 0.491. The van der Waals surface area contributed by atoms with Gasteiger partial charge in [-0.3, -0.25) is 0 Å². The summed E-state index contributed by atoms with van der Waals surface area (Å²) in [4.78, 5) is 0.498. The predicted molar refractivity (Wildman–Crippen MR) is 115 cm³/mol. The summed E-state index contributed by atoms with van der Waals surface area (Å²) in [5, 5.41) is 0.303. The molecule has 3 fully saturated rings. The maximum absolute atomic E-state index is 6.04. The van der Waals surface area contributed by atoms with Crippen LogP contribution in [-0.2, 0) is 18.9 Å². The van der Waals surface area contributed by atoms with Gasteiger partial charge in [-0.2, -0.15) is 0 Å². The molecule has 3 unspecified atom stereocenters. The molecular weight excluding hydrogens is 364 g/mol. The summed E-state index contributed by atoms with van der Waals surface area (Å²) < 4.78 is 22.5. The van der Waals surface area contributed by atoms with Crippen molar-refractivity contribution in [1.82, 2.24) is 0 Å². The maximum atomic E-state index is 6.04. The molecule has 0 N–H and O–H groups in total. The second-order valence-corrected chi connectivity index (χ2v) is 15.5. The summed E-state index contributed by atoms with van der Waals surface area (Å²) in [6.07, 6.45) is 10.8. The van der Waals surface area contributed by atoms with Gasteiger partial charge >= 0.3 is 1.43 Å². The first-order chi connectivity index (χ1) is 12.1. The van der Waals surface area contributed by atoms with Gasteiger partial charge in [-0.25, -0.2) is 0 Å². The molecule has 3 aliphatic rings. The van der Waals surface area contributed by atoms with Crippen molar-refractivity contribution in [3.8, 4) is 0 Å². The molecule has 25 heavy (non-hydrogen) atoms. The SMILES string of the molecule is C[SiH2]C1(CCCOCC2CO2)CCCCO1.C[SiH2]C1([SiH3])CCCCO1.[H+]. The second kappa shape index (κ2) is 11.4. The van der Waals surface area contributed by atoms with E-state index in [1.54, 1.807) is 0 Å². The largest absolute Gasteiger partial charge is 1.00 e. The van der Waals surface area contributed by atoms with Crippen LogP contribution in [-0.4, -0.2) is 78.5 Å². The van der Waals surface area contributed by atoms with Crippen LogP contribution >= 0.6 is 0 Å². The third-order valence-corrected chi connectivity index (χ3v) is 13.2. The van der Waals surface area contributed by atoms with Crippen LogP contribution in [0, 0.1) is 0 Å². The minimum absolute atomic E-state index is 0. The first-order valence-corrected chi connectivity index (χ1v) is 15.8. The van der Waals surface area contributed by atoms with E-state index in [0.717, 1.165) is 39.5 Å². The lowest BCUT2D eigenvalue weighted by Gasteiger charge is -2.36. The zero-order valence-corrected chi connectivity index (χ0v) is 21.6. The Balaban J connectivity index is 0.000000290. The molecule has 0 aromatic carbocycles. The highest BCUT2D eigenvalue weighted by Crippen LogP contribution is 2.28. The standard InChI is InChI=1S/C12H24O3Si.C6H16OSi2/c1-16-12(5-2-3-8-15-12)6-4-7-13-9-11-10-14-11;1-9-6(8)4-2-3-5-7-6/h11H,2-10,16H2,1H3;2-5,9H2,1,8H3/p+1. The minimum atomic E-state index is -0.0787. The summed E-state index contributed by atoms with van der Waals surface area (Å²) >= 11 is 0. The highest BCUT2D eigenvalue weighted by atomic mass is 28.2. The maximum Gasteiger partial charge on any atom is 1.00 e. The lowest BCUT2D eigenvalue weighted by atomic mass is 10.0. The molecule has 7 heteroatoms. The average molecular weight is 406 g/mol. The molecule has 3 atom stereocenters. The highest BCUT2D eigenvalue weighted by Gasteiger charge is 2.31. The number of hydrogen-bond donors (Lipinski definition) is 0. The van der Waals surface area contributed by atoms with Gasteiger partial charge in [0.15, 0.2) is 0 Å². The van der Waals surface area contributed by atoms with Crippen molar-refractivity contribution >= 4 is 29.3 Å². The van der Waals surface area contributed by atoms with E-state index in [4.69, 9.17) is 18.9 Å². The third kappa shape index (κ3) is 8.36. The molecular formula is C18H41O4Si3+. The van der Waals surface area contributed by atoms with Crippen LogP contribution in [0.2, 0.25) is 13.1 Å². The van der Waals surface area contributed by atoms with Gasteiger partial charge in [0.05, 0.1) is 37.5 Å². The van der Waals surface area contributed by atoms with E-state index in [0.29, 0.717) is 16.2 Å². The van der Waals surface area contributed by atoms with E-state index in [2.05, 4.69) is 13.1 Å². The normalized spacial score (nSPS) is 36.0. The Morgan fingerprint density at radius 3 is 2.28 bits per heavy atom. The Morgan fingerprint density at radius 1 is 1.08 bits per heavy atom. The fraction of sp³-hybridized carbons (Fsp3) is 1.00. The summed E-state index contributed by atoms with van der Waals surface area (Å²) in [6.45, 7) is 9.34. The van der Waals surface area contributed by atoms with E-state index < -0.39 is 0 Å². The predicted octanol–water partition coefficient (Wildman–Crippen LogP) is 0.831. The van der Waals surface area contributed by atoms with E-state index >= 15 is 0 Å². The summed E-state index contributed by atoms with van der Waals surface area (Å²) in [5.74, 6) is 0. The van der Waals surface area contributed by atoms with Gasteiger partial charge in [-0.15, -0.1) is 0 Å². The molecule has 0 amide bonds. The van der Waals surface area contributed by atoms with Crippen LogP contribution < -0.4 is 0 Å². The fourth-order valence-electron chi connectivity index (χ4n) is 3.71. The molecule has 148 valence electrons. The van der Waals surface area contributed by atoms with Crippen molar-refractivity contribution in [3.63, 3.8) is 0 Å². The fourth-order valence-corrected chi connectivity index (χ4v) is 6.77. The Labute approximate surface area is 163 Å². The van der Waals surface area contributed by atoms with Gasteiger partial charge in [-0.1, -0.05) is 13.1 Å². The van der Waals surface area contributed by atoms with Gasteiger partial charge in [0.2, 0.25) is 0 Å². The number of epoxide rings is 1. The van der Waals surface area contributed by atoms with E-state index in [9.17, 15) is 0 Å². The molecule has 3 rings (SSSR count). The number of rotatable bonds is 8. The number of ether oxygens (including phenoxy) is 4. The van der Waals surface area contributed by atoms with Crippen molar-refractivity contribution in [2.45, 2.75) is 80.6 Å². The molecule has 3 heterocycles. The monoisotopic (exact) mass is 405 g/mol. The molecule has 3 aliphatic heterocycles. The second-order valence-electron chi connectivity index (χ2n) is 8.08. The quantitative estimate of drug-likeness (QED) is 0.341. The zero-order chi connectivity index (χ0) is 18.0. The summed E-state index contributed by atoms with van der Waals surface area (Å²) in [6, 6.07) is 0. The molecule has 0 aliphatic carbocycles. The van der Waals surface area contributed by atoms with Crippen LogP contribution in [0.5, 0.6) is 0 Å². The first-order valence-electron chi connectivity index (χ1n) is 10.6. The van der Waals surface area contributed by atoms with Crippen molar-refractivity contribution < 1.29 is 20.4 Å². The molecule has 0 radical (unpaired) electrons. The van der Waals surface area contributed by atoms with Crippen molar-refractivity contribution in [1.29, 1.82) is 0 Å². The van der Waals surface area contributed by atoms with Gasteiger partial charge in [-0.05, 0) is 51.4 Å². The zero-order valence-electron chi connectivity index (χ0n) is 17.8. The van der Waals surface area contributed by atoms with Gasteiger partial charge in [0.25, 0.3) is 0 Å². The van der Waals surface area contributed by atoms with Crippen molar-refractivity contribution in [2.24, 2.45) is 0 Å². The molecule has 4 nitrogen and oxygen atoms in total. The Morgan fingerprint density at radius 2 is 1.80 bits per heavy atom. The topological polar surface area (TPSA) is 40.2 Å². The van der Waals surface area contributed by atoms with Crippen LogP contribution in [0.3, 0.4) is 0 Å². The van der Waals surface area contributed by atoms with E-state index in [1.807, 2.05) is 0 Å². The van der Waals surface area contributed by atoms with Crippen molar-refractivity contribution in [2.75, 3.05) is 33.0 Å². The Kier molecular flexibility index (Phi) is 9.90. The lowest BCUT2D eigenvalue weighted by molar-refractivity contribution is -0.0305. The molecule has 3 saturated heterocycles. The highest BCUT2D eigenvalue weighted by molar-refractivity contribution is 6.52. The lowest BCUT2D eigenvalue weighted by Crippen LogP contribution is -2.41. The van der Waals surface area contributed by atoms with Crippen molar-refractivity contribution in [3.05, 3.63) is 0 Å². The van der Waals surface area contributed by atoms with Crippen LogP contribution in [0.4, 0.5) is 0 Å². The van der Waals surface area contributed by atoms with Crippen LogP contribution in [0.15, 0.2) is 0 Å². The molecule has 0 saturated carbocycles. The smallest absolute Gasteiger partial charge is 0.384 e. The summed E-state index contributed by atoms with van der Waals surface area (Å²) in [5.41, 5.74) is 0. The molecule has 0 aromatic rings. The van der Waals surface area contributed by atoms with Gasteiger partial charge < -0.3 is 18.9 Å². The minimum Gasteiger partial charge on any atom is -0.384 e. The first kappa shape index (κ1) is 21.8. The molecule has 0 aromatic heterocycles. The third-order valence-electron chi connectivity index (χ3n) is 6.00. The van der Waals surface area contributed by atoms with Gasteiger partial charge in [0, 0.05) is 34.9 Å². The molecule has 0 spiro atoms. The average Bonchev–Trinajstić information content (AvgIpc) is 3.48. The van der Waals surface area contributed by atoms with E-state index in [1.165, 1.54) is 55.2 Å². The molecule has 0 bridgehead atoms. The summed E-state index contributed by atoms with van der Waals surface area (Å²) in [7, 11) is 1.30. The van der Waals surface area contributed by atoms with Crippen LogP contribution in [0.1, 0.15) is 52.8 Å². The van der Waals surface area contributed by atoms with Crippen LogP contribution in [0.25, 0.3) is 0 Å².